The Bertz CT molecular complexity index is 844. The number of aryl methyl sites for hydroxylation is 1. The van der Waals surface area contributed by atoms with Gasteiger partial charge in [0.05, 0.1) is 11.1 Å². The molecule has 2 heterocycles. The highest BCUT2D eigenvalue weighted by molar-refractivity contribution is 5.50. The summed E-state index contributed by atoms with van der Waals surface area (Å²) in [4.78, 5) is 8.40. The first-order chi connectivity index (χ1) is 11.8. The molecule has 0 fully saturated rings. The van der Waals surface area contributed by atoms with Gasteiger partial charge in [-0.2, -0.15) is 8.78 Å². The van der Waals surface area contributed by atoms with E-state index in [1.807, 2.05) is 45.0 Å². The highest BCUT2D eigenvalue weighted by atomic mass is 19.3. The van der Waals surface area contributed by atoms with Crippen LogP contribution in [0.2, 0.25) is 0 Å². The van der Waals surface area contributed by atoms with Gasteiger partial charge in [-0.3, -0.25) is 0 Å². The van der Waals surface area contributed by atoms with Gasteiger partial charge in [-0.25, -0.2) is 9.97 Å². The van der Waals surface area contributed by atoms with Gasteiger partial charge < -0.3 is 9.73 Å². The molecule has 0 amide bonds. The van der Waals surface area contributed by atoms with Crippen LogP contribution >= 0.6 is 0 Å². The molecule has 6 nitrogen and oxygen atoms in total. The third-order valence-corrected chi connectivity index (χ3v) is 3.72. The summed E-state index contributed by atoms with van der Waals surface area (Å²) >= 11 is 0. The molecule has 3 rings (SSSR count). The van der Waals surface area contributed by atoms with Crippen molar-refractivity contribution in [2.75, 3.05) is 5.32 Å². The summed E-state index contributed by atoms with van der Waals surface area (Å²) in [7, 11) is 0. The minimum Gasteiger partial charge on any atom is -0.415 e. The highest BCUT2D eigenvalue weighted by Gasteiger charge is 2.22. The molecule has 0 aliphatic rings. The maximum absolute atomic E-state index is 12.5. The molecule has 1 aromatic carbocycles. The molecule has 0 saturated heterocycles. The Morgan fingerprint density at radius 2 is 1.68 bits per heavy atom. The van der Waals surface area contributed by atoms with Gasteiger partial charge in [0, 0.05) is 12.4 Å². The van der Waals surface area contributed by atoms with E-state index in [2.05, 4.69) is 25.5 Å². The second kappa shape index (κ2) is 6.54. The van der Waals surface area contributed by atoms with Crippen LogP contribution in [0.4, 0.5) is 14.7 Å². The number of hydrogen-bond acceptors (Lipinski definition) is 6. The number of nitrogens with one attached hydrogen (secondary N) is 1. The molecule has 2 aromatic heterocycles. The topological polar surface area (TPSA) is 76.7 Å². The molecule has 0 bridgehead atoms. The SMILES string of the molecule is Cc1ccc(C(C)(C)Nc2ncc(-c3nnc(C(F)F)o3)cn2)cc1. The average Bonchev–Trinajstić information content (AvgIpc) is 3.06. The zero-order valence-electron chi connectivity index (χ0n) is 14.0. The largest absolute Gasteiger partial charge is 0.415 e. The van der Waals surface area contributed by atoms with Gasteiger partial charge in [0.15, 0.2) is 0 Å². The van der Waals surface area contributed by atoms with Gasteiger partial charge in [0.1, 0.15) is 0 Å². The maximum Gasteiger partial charge on any atom is 0.314 e. The van der Waals surface area contributed by atoms with E-state index < -0.39 is 12.3 Å². The fraction of sp³-hybridized carbons (Fsp3) is 0.294. The highest BCUT2D eigenvalue weighted by Crippen LogP contribution is 2.26. The Balaban J connectivity index is 1.76. The molecule has 0 radical (unpaired) electrons. The van der Waals surface area contributed by atoms with Crippen molar-refractivity contribution in [3.8, 4) is 11.5 Å². The van der Waals surface area contributed by atoms with E-state index in [4.69, 9.17) is 4.42 Å². The first-order valence-corrected chi connectivity index (χ1v) is 7.64. The van der Waals surface area contributed by atoms with Crippen molar-refractivity contribution in [2.24, 2.45) is 0 Å². The van der Waals surface area contributed by atoms with Crippen LogP contribution in [0.5, 0.6) is 0 Å². The summed E-state index contributed by atoms with van der Waals surface area (Å²) in [6.07, 6.45) is 0.0884. The van der Waals surface area contributed by atoms with E-state index in [-0.39, 0.29) is 11.4 Å². The van der Waals surface area contributed by atoms with Crippen LogP contribution in [0.15, 0.2) is 41.1 Å². The Kier molecular flexibility index (Phi) is 4.43. The van der Waals surface area contributed by atoms with Crippen molar-refractivity contribution in [3.05, 3.63) is 53.7 Å². The first kappa shape index (κ1) is 16.9. The third-order valence-electron chi connectivity index (χ3n) is 3.72. The molecule has 3 aromatic rings. The van der Waals surface area contributed by atoms with Crippen LogP contribution in [0.1, 0.15) is 37.3 Å². The minimum atomic E-state index is -2.81. The normalized spacial score (nSPS) is 11.8. The van der Waals surface area contributed by atoms with Crippen LogP contribution in [0.3, 0.4) is 0 Å². The van der Waals surface area contributed by atoms with Crippen LogP contribution in [-0.4, -0.2) is 20.2 Å². The molecule has 0 atom stereocenters. The number of benzene rings is 1. The molecule has 25 heavy (non-hydrogen) atoms. The number of aromatic nitrogens is 4. The van der Waals surface area contributed by atoms with Crippen LogP contribution < -0.4 is 5.32 Å². The summed E-state index contributed by atoms with van der Waals surface area (Å²) in [5.74, 6) is -0.361. The number of hydrogen-bond donors (Lipinski definition) is 1. The van der Waals surface area contributed by atoms with E-state index in [0.29, 0.717) is 11.5 Å². The predicted molar refractivity (Wildman–Crippen MR) is 88.1 cm³/mol. The maximum atomic E-state index is 12.5. The molecule has 8 heteroatoms. The standard InChI is InChI=1S/C17H17F2N5O/c1-10-4-6-12(7-5-10)17(2,3)22-16-20-8-11(9-21-16)14-23-24-15(25-14)13(18)19/h4-9,13H,1-3H3,(H,20,21,22). The molecule has 0 saturated carbocycles. The van der Waals surface area contributed by atoms with E-state index in [9.17, 15) is 8.78 Å². The molecule has 0 aliphatic heterocycles. The van der Waals surface area contributed by atoms with Crippen LogP contribution in [0.25, 0.3) is 11.5 Å². The molecule has 130 valence electrons. The van der Waals surface area contributed by atoms with Crippen LogP contribution in [0, 0.1) is 6.92 Å². The zero-order valence-corrected chi connectivity index (χ0v) is 14.0. The van der Waals surface area contributed by atoms with Crippen molar-refractivity contribution in [1.82, 2.24) is 20.2 Å². The number of alkyl halides is 2. The van der Waals surface area contributed by atoms with E-state index in [1.54, 1.807) is 0 Å². The number of rotatable bonds is 5. The summed E-state index contributed by atoms with van der Waals surface area (Å²) < 4.78 is 29.9. The van der Waals surface area contributed by atoms with E-state index in [1.165, 1.54) is 18.0 Å². The minimum absolute atomic E-state index is 0.0420. The molecule has 0 unspecified atom stereocenters. The van der Waals surface area contributed by atoms with Gasteiger partial charge in [-0.15, -0.1) is 10.2 Å². The van der Waals surface area contributed by atoms with Crippen molar-refractivity contribution < 1.29 is 13.2 Å². The summed E-state index contributed by atoms with van der Waals surface area (Å²) in [6, 6.07) is 8.17. The number of anilines is 1. The fourth-order valence-corrected chi connectivity index (χ4v) is 2.26. The monoisotopic (exact) mass is 345 g/mol. The summed E-state index contributed by atoms with van der Waals surface area (Å²) in [5.41, 5.74) is 2.26. The van der Waals surface area contributed by atoms with Gasteiger partial charge in [-0.05, 0) is 26.3 Å². The Morgan fingerprint density at radius 3 is 2.24 bits per heavy atom. The summed E-state index contributed by atoms with van der Waals surface area (Å²) in [5, 5.41) is 10.1. The molecule has 1 N–H and O–H groups in total. The van der Waals surface area contributed by atoms with Crippen molar-refractivity contribution in [2.45, 2.75) is 32.7 Å². The van der Waals surface area contributed by atoms with Crippen molar-refractivity contribution >= 4 is 5.95 Å². The molecule has 0 aliphatic carbocycles. The number of halogens is 2. The second-order valence-corrected chi connectivity index (χ2v) is 6.16. The van der Waals surface area contributed by atoms with Gasteiger partial charge in [0.2, 0.25) is 5.95 Å². The van der Waals surface area contributed by atoms with Gasteiger partial charge in [0.25, 0.3) is 11.8 Å². The summed E-state index contributed by atoms with van der Waals surface area (Å²) in [6.45, 7) is 6.06. The lowest BCUT2D eigenvalue weighted by Crippen LogP contribution is -2.28. The average molecular weight is 345 g/mol. The zero-order chi connectivity index (χ0) is 18.0. The molecule has 0 spiro atoms. The van der Waals surface area contributed by atoms with Crippen molar-refractivity contribution in [3.63, 3.8) is 0 Å². The lowest BCUT2D eigenvalue weighted by molar-refractivity contribution is 0.116. The third kappa shape index (κ3) is 3.78. The second-order valence-electron chi connectivity index (χ2n) is 6.16. The smallest absolute Gasteiger partial charge is 0.314 e. The fourth-order valence-electron chi connectivity index (χ4n) is 2.26. The first-order valence-electron chi connectivity index (χ1n) is 7.64. The molecular weight excluding hydrogens is 328 g/mol. The Morgan fingerprint density at radius 1 is 1.04 bits per heavy atom. The van der Waals surface area contributed by atoms with Crippen LogP contribution in [-0.2, 0) is 5.54 Å². The number of nitrogens with zero attached hydrogens (tertiary/aromatic N) is 4. The van der Waals surface area contributed by atoms with Crippen molar-refractivity contribution in [1.29, 1.82) is 0 Å². The van der Waals surface area contributed by atoms with Gasteiger partial charge >= 0.3 is 6.43 Å². The van der Waals surface area contributed by atoms with Gasteiger partial charge in [-0.1, -0.05) is 29.8 Å². The van der Waals surface area contributed by atoms with E-state index in [0.717, 1.165) is 5.56 Å². The lowest BCUT2D eigenvalue weighted by atomic mass is 9.94. The predicted octanol–water partition coefficient (Wildman–Crippen LogP) is 4.12. The lowest BCUT2D eigenvalue weighted by Gasteiger charge is -2.27. The molecular formula is C17H17F2N5O. The Hall–Kier alpha value is -2.90. The quantitative estimate of drug-likeness (QED) is 0.749. The Labute approximate surface area is 143 Å². The van der Waals surface area contributed by atoms with E-state index >= 15 is 0 Å².